The van der Waals surface area contributed by atoms with Gasteiger partial charge in [0.15, 0.2) is 0 Å². The number of imide groups is 1. The van der Waals surface area contributed by atoms with Crippen LogP contribution in [0.4, 0.5) is 10.5 Å². The molecule has 0 bridgehead atoms. The number of ether oxygens (including phenoxy) is 2. The zero-order valence-electron chi connectivity index (χ0n) is 22.9. The predicted octanol–water partition coefficient (Wildman–Crippen LogP) is 4.30. The third kappa shape index (κ3) is 5.60. The standard InChI is InChI=1S/C30H29N5O6/c1-34(2)29(38)22-14-18(8-9-24(22)33-30(39)41-13-12-35-26(36)10-11-27(35)37)19-15-21-23(17-32-28(21)31-16-19)20-6-4-5-7-25(20)40-3/h4-9,14-17H,10-13H2,1-3H3,(H,31,32)(H,33,39). The number of H-pyrrole nitrogens is 1. The highest BCUT2D eigenvalue weighted by atomic mass is 16.5. The first-order chi connectivity index (χ1) is 19.8. The number of carbonyl (C=O) groups excluding carboxylic acids is 4. The van der Waals surface area contributed by atoms with Gasteiger partial charge in [0.05, 0.1) is 24.9 Å². The number of benzene rings is 2. The molecule has 2 aromatic carbocycles. The molecule has 0 spiro atoms. The zero-order valence-corrected chi connectivity index (χ0v) is 22.9. The highest BCUT2D eigenvalue weighted by Gasteiger charge is 2.28. The van der Waals surface area contributed by atoms with Crippen LogP contribution in [0, 0.1) is 0 Å². The van der Waals surface area contributed by atoms with Crippen molar-refractivity contribution in [2.45, 2.75) is 12.8 Å². The van der Waals surface area contributed by atoms with Gasteiger partial charge in [-0.25, -0.2) is 9.78 Å². The van der Waals surface area contributed by atoms with Gasteiger partial charge >= 0.3 is 6.09 Å². The molecule has 0 radical (unpaired) electrons. The van der Waals surface area contributed by atoms with Gasteiger partial charge in [0.1, 0.15) is 18.0 Å². The molecule has 0 saturated carbocycles. The number of likely N-dealkylation sites (tertiary alicyclic amines) is 1. The zero-order chi connectivity index (χ0) is 29.1. The summed E-state index contributed by atoms with van der Waals surface area (Å²) in [5.41, 5.74) is 4.56. The van der Waals surface area contributed by atoms with E-state index >= 15 is 0 Å². The van der Waals surface area contributed by atoms with E-state index in [1.54, 1.807) is 45.6 Å². The number of nitrogens with one attached hydrogen (secondary N) is 2. The number of hydrogen-bond donors (Lipinski definition) is 2. The Bertz CT molecular complexity index is 1640. The number of methoxy groups -OCH3 is 1. The quantitative estimate of drug-likeness (QED) is 0.310. The second-order valence-electron chi connectivity index (χ2n) is 9.68. The van der Waals surface area contributed by atoms with Crippen LogP contribution in [0.5, 0.6) is 5.75 Å². The Hall–Kier alpha value is -5.19. The maximum atomic E-state index is 13.1. The molecule has 210 valence electrons. The molecule has 0 aliphatic carbocycles. The minimum absolute atomic E-state index is 0.0149. The van der Waals surface area contributed by atoms with E-state index in [0.29, 0.717) is 5.65 Å². The number of anilines is 1. The minimum Gasteiger partial charge on any atom is -0.496 e. The molecule has 1 aliphatic heterocycles. The fraction of sp³-hybridized carbons (Fsp3) is 0.233. The molecule has 4 amide bonds. The summed E-state index contributed by atoms with van der Waals surface area (Å²) in [4.78, 5) is 59.4. The van der Waals surface area contributed by atoms with Gasteiger partial charge < -0.3 is 19.4 Å². The van der Waals surface area contributed by atoms with Gasteiger partial charge in [-0.2, -0.15) is 0 Å². The van der Waals surface area contributed by atoms with Gasteiger partial charge in [-0.1, -0.05) is 24.3 Å². The van der Waals surface area contributed by atoms with Gasteiger partial charge in [-0.05, 0) is 29.8 Å². The number of hydrogen-bond acceptors (Lipinski definition) is 7. The number of pyridine rings is 1. The van der Waals surface area contributed by atoms with E-state index in [1.165, 1.54) is 4.90 Å². The summed E-state index contributed by atoms with van der Waals surface area (Å²) in [7, 11) is 4.86. The third-order valence-corrected chi connectivity index (χ3v) is 6.86. The van der Waals surface area contributed by atoms with E-state index in [0.717, 1.165) is 38.3 Å². The Morgan fingerprint density at radius 1 is 1.02 bits per heavy atom. The summed E-state index contributed by atoms with van der Waals surface area (Å²) in [5, 5.41) is 3.49. The Kier molecular flexibility index (Phi) is 7.68. The van der Waals surface area contributed by atoms with E-state index in [4.69, 9.17) is 9.47 Å². The Morgan fingerprint density at radius 3 is 2.51 bits per heavy atom. The minimum atomic E-state index is -0.804. The molecule has 3 heterocycles. The number of aromatic nitrogens is 2. The number of carbonyl (C=O) groups is 4. The summed E-state index contributed by atoms with van der Waals surface area (Å²) < 4.78 is 10.7. The lowest BCUT2D eigenvalue weighted by Crippen LogP contribution is -2.33. The van der Waals surface area contributed by atoms with Gasteiger partial charge in [0.2, 0.25) is 11.8 Å². The van der Waals surface area contributed by atoms with Crippen LogP contribution in [-0.4, -0.2) is 77.9 Å². The Balaban J connectivity index is 1.41. The first-order valence-corrected chi connectivity index (χ1v) is 13.0. The van der Waals surface area contributed by atoms with Crippen molar-refractivity contribution in [3.05, 3.63) is 66.5 Å². The number of nitrogens with zero attached hydrogens (tertiary/aromatic N) is 3. The molecular weight excluding hydrogens is 526 g/mol. The molecule has 0 unspecified atom stereocenters. The van der Waals surface area contributed by atoms with Crippen LogP contribution in [0.1, 0.15) is 23.2 Å². The SMILES string of the molecule is COc1ccccc1-c1c[nH]c2ncc(-c3ccc(NC(=O)OCCN4C(=O)CCC4=O)c(C(=O)N(C)C)c3)cc12. The summed E-state index contributed by atoms with van der Waals surface area (Å²) in [6, 6.07) is 14.8. The van der Waals surface area contributed by atoms with E-state index in [-0.39, 0.29) is 55.0 Å². The second-order valence-corrected chi connectivity index (χ2v) is 9.68. The monoisotopic (exact) mass is 555 g/mol. The molecular formula is C30H29N5O6. The first kappa shape index (κ1) is 27.4. The largest absolute Gasteiger partial charge is 0.496 e. The number of para-hydroxylation sites is 1. The van der Waals surface area contributed by atoms with Crippen molar-refractivity contribution in [2.75, 3.05) is 39.7 Å². The van der Waals surface area contributed by atoms with Crippen LogP contribution in [0.25, 0.3) is 33.3 Å². The Labute approximate surface area is 236 Å². The van der Waals surface area contributed by atoms with Gasteiger partial charge in [0, 0.05) is 61.4 Å². The molecule has 11 nitrogen and oxygen atoms in total. The van der Waals surface area contributed by atoms with Crippen LogP contribution in [0.2, 0.25) is 0 Å². The smallest absolute Gasteiger partial charge is 0.411 e. The van der Waals surface area contributed by atoms with Crippen molar-refractivity contribution in [3.63, 3.8) is 0 Å². The molecule has 1 fully saturated rings. The van der Waals surface area contributed by atoms with E-state index < -0.39 is 6.09 Å². The molecule has 41 heavy (non-hydrogen) atoms. The lowest BCUT2D eigenvalue weighted by Gasteiger charge is -2.17. The van der Waals surface area contributed by atoms with E-state index in [2.05, 4.69) is 15.3 Å². The number of fused-ring (bicyclic) bond motifs is 1. The van der Waals surface area contributed by atoms with Gasteiger partial charge in [-0.15, -0.1) is 0 Å². The summed E-state index contributed by atoms with van der Waals surface area (Å²) in [6.45, 7) is -0.172. The Morgan fingerprint density at radius 2 is 1.78 bits per heavy atom. The molecule has 2 N–H and O–H groups in total. The maximum Gasteiger partial charge on any atom is 0.411 e. The van der Waals surface area contributed by atoms with Gasteiger partial charge in [-0.3, -0.25) is 24.6 Å². The second kappa shape index (κ2) is 11.5. The summed E-state index contributed by atoms with van der Waals surface area (Å²) in [6.07, 6.45) is 3.13. The number of aromatic amines is 1. The van der Waals surface area contributed by atoms with Crippen molar-refractivity contribution >= 4 is 40.5 Å². The highest BCUT2D eigenvalue weighted by Crippen LogP contribution is 2.36. The van der Waals surface area contributed by atoms with Crippen LogP contribution < -0.4 is 10.1 Å². The van der Waals surface area contributed by atoms with Crippen LogP contribution in [0.3, 0.4) is 0 Å². The normalized spacial score (nSPS) is 13.0. The van der Waals surface area contributed by atoms with Crippen LogP contribution in [0.15, 0.2) is 60.9 Å². The molecule has 1 saturated heterocycles. The van der Waals surface area contributed by atoms with E-state index in [9.17, 15) is 19.2 Å². The van der Waals surface area contributed by atoms with E-state index in [1.807, 2.05) is 36.5 Å². The van der Waals surface area contributed by atoms with Crippen molar-refractivity contribution in [1.82, 2.24) is 19.8 Å². The molecule has 11 heteroatoms. The van der Waals surface area contributed by atoms with Crippen molar-refractivity contribution < 1.29 is 28.7 Å². The highest BCUT2D eigenvalue weighted by molar-refractivity contribution is 6.04. The number of rotatable bonds is 8. The topological polar surface area (TPSA) is 134 Å². The first-order valence-electron chi connectivity index (χ1n) is 13.0. The predicted molar refractivity (Wildman–Crippen MR) is 152 cm³/mol. The third-order valence-electron chi connectivity index (χ3n) is 6.86. The van der Waals surface area contributed by atoms with Crippen LogP contribution >= 0.6 is 0 Å². The van der Waals surface area contributed by atoms with Crippen LogP contribution in [-0.2, 0) is 14.3 Å². The lowest BCUT2D eigenvalue weighted by atomic mass is 9.99. The van der Waals surface area contributed by atoms with Crippen molar-refractivity contribution in [1.29, 1.82) is 0 Å². The average molecular weight is 556 g/mol. The molecule has 2 aromatic heterocycles. The fourth-order valence-corrected chi connectivity index (χ4v) is 4.75. The molecule has 4 aromatic rings. The summed E-state index contributed by atoms with van der Waals surface area (Å²) >= 11 is 0. The van der Waals surface area contributed by atoms with Crippen molar-refractivity contribution in [3.8, 4) is 28.0 Å². The molecule has 5 rings (SSSR count). The fourth-order valence-electron chi connectivity index (χ4n) is 4.75. The summed E-state index contributed by atoms with van der Waals surface area (Å²) in [5.74, 6) is -0.147. The average Bonchev–Trinajstić information content (AvgIpc) is 3.54. The van der Waals surface area contributed by atoms with Gasteiger partial charge in [0.25, 0.3) is 5.91 Å². The molecule has 0 atom stereocenters. The maximum absolute atomic E-state index is 13.1. The number of amides is 4. The molecule has 1 aliphatic rings. The lowest BCUT2D eigenvalue weighted by molar-refractivity contribution is -0.138. The van der Waals surface area contributed by atoms with Crippen molar-refractivity contribution in [2.24, 2.45) is 0 Å².